The van der Waals surface area contributed by atoms with Gasteiger partial charge < -0.3 is 10.0 Å². The number of amides is 1. The molecule has 2 N–H and O–H groups in total. The van der Waals surface area contributed by atoms with Gasteiger partial charge in [0.25, 0.3) is 5.91 Å². The number of aromatic amines is 1. The van der Waals surface area contributed by atoms with Crippen molar-refractivity contribution in [3.8, 4) is 0 Å². The van der Waals surface area contributed by atoms with Crippen molar-refractivity contribution in [3.05, 3.63) is 18.0 Å². The maximum Gasteiger partial charge on any atom is 0.308 e. The second kappa shape index (κ2) is 4.34. The highest BCUT2D eigenvalue weighted by Crippen LogP contribution is 2.18. The Morgan fingerprint density at radius 2 is 2.38 bits per heavy atom. The summed E-state index contributed by atoms with van der Waals surface area (Å²) in [4.78, 5) is 24.3. The van der Waals surface area contributed by atoms with Gasteiger partial charge in [-0.25, -0.2) is 0 Å². The summed E-state index contributed by atoms with van der Waals surface area (Å²) in [5, 5.41) is 15.2. The molecule has 0 spiro atoms. The molecule has 16 heavy (non-hydrogen) atoms. The summed E-state index contributed by atoms with van der Waals surface area (Å²) in [6, 6.07) is 0. The van der Waals surface area contributed by atoms with Gasteiger partial charge in [0, 0.05) is 19.3 Å². The topological polar surface area (TPSA) is 86.3 Å². The Morgan fingerprint density at radius 1 is 1.56 bits per heavy atom. The number of nitrogens with zero attached hydrogens (tertiary/aromatic N) is 2. The summed E-state index contributed by atoms with van der Waals surface area (Å²) >= 11 is 0. The van der Waals surface area contributed by atoms with Crippen molar-refractivity contribution in [2.75, 3.05) is 13.1 Å². The third-order valence-corrected chi connectivity index (χ3v) is 2.80. The van der Waals surface area contributed by atoms with Crippen LogP contribution < -0.4 is 0 Å². The number of aliphatic carboxylic acids is 1. The van der Waals surface area contributed by atoms with Crippen LogP contribution in [0.1, 0.15) is 23.2 Å². The van der Waals surface area contributed by atoms with Crippen molar-refractivity contribution >= 4 is 11.9 Å². The minimum absolute atomic E-state index is 0.153. The number of hydrogen-bond donors (Lipinski definition) is 2. The highest BCUT2D eigenvalue weighted by atomic mass is 16.4. The number of carbonyl (C=O) groups is 2. The van der Waals surface area contributed by atoms with Gasteiger partial charge in [0.2, 0.25) is 0 Å². The fourth-order valence-electron chi connectivity index (χ4n) is 1.91. The molecule has 2 heterocycles. The minimum Gasteiger partial charge on any atom is -0.481 e. The highest BCUT2D eigenvalue weighted by Gasteiger charge is 2.28. The van der Waals surface area contributed by atoms with Crippen LogP contribution in [-0.4, -0.2) is 45.2 Å². The van der Waals surface area contributed by atoms with Crippen LogP contribution in [0.15, 0.2) is 12.4 Å². The Labute approximate surface area is 92.3 Å². The summed E-state index contributed by atoms with van der Waals surface area (Å²) < 4.78 is 0. The summed E-state index contributed by atoms with van der Waals surface area (Å²) in [5.41, 5.74) is 0.478. The van der Waals surface area contributed by atoms with Crippen LogP contribution in [0.2, 0.25) is 0 Å². The van der Waals surface area contributed by atoms with Gasteiger partial charge in [-0.05, 0) is 12.8 Å². The Morgan fingerprint density at radius 3 is 3.00 bits per heavy atom. The number of hydrogen-bond acceptors (Lipinski definition) is 3. The van der Waals surface area contributed by atoms with Gasteiger partial charge >= 0.3 is 5.97 Å². The molecular weight excluding hydrogens is 210 g/mol. The largest absolute Gasteiger partial charge is 0.481 e. The quantitative estimate of drug-likeness (QED) is 0.757. The van der Waals surface area contributed by atoms with Crippen LogP contribution in [-0.2, 0) is 4.79 Å². The van der Waals surface area contributed by atoms with Gasteiger partial charge in [-0.1, -0.05) is 0 Å². The fraction of sp³-hybridized carbons (Fsp3) is 0.500. The molecule has 1 saturated heterocycles. The molecular formula is C10H13N3O3. The van der Waals surface area contributed by atoms with Crippen molar-refractivity contribution in [1.82, 2.24) is 15.1 Å². The zero-order valence-corrected chi connectivity index (χ0v) is 8.72. The lowest BCUT2D eigenvalue weighted by Gasteiger charge is -2.30. The van der Waals surface area contributed by atoms with Crippen molar-refractivity contribution in [1.29, 1.82) is 0 Å². The molecule has 1 fully saturated rings. The number of rotatable bonds is 2. The Hall–Kier alpha value is -1.85. The van der Waals surface area contributed by atoms with E-state index in [0.717, 1.165) is 6.42 Å². The lowest BCUT2D eigenvalue weighted by Crippen LogP contribution is -2.42. The van der Waals surface area contributed by atoms with E-state index in [1.54, 1.807) is 4.90 Å². The summed E-state index contributed by atoms with van der Waals surface area (Å²) in [5.74, 6) is -1.42. The van der Waals surface area contributed by atoms with Crippen LogP contribution in [0.3, 0.4) is 0 Å². The first-order valence-electron chi connectivity index (χ1n) is 5.19. The summed E-state index contributed by atoms with van der Waals surface area (Å²) in [6.07, 6.45) is 4.35. The van der Waals surface area contributed by atoms with Gasteiger partial charge in [-0.15, -0.1) is 0 Å². The smallest absolute Gasteiger partial charge is 0.308 e. The SMILES string of the molecule is O=C(O)C1CCCN(C(=O)c2cn[nH]c2)C1. The number of carbonyl (C=O) groups excluding carboxylic acids is 1. The van der Waals surface area contributed by atoms with Crippen molar-refractivity contribution in [3.63, 3.8) is 0 Å². The Balaban J connectivity index is 2.05. The molecule has 1 amide bonds. The number of carboxylic acids is 1. The van der Waals surface area contributed by atoms with Crippen LogP contribution in [0.5, 0.6) is 0 Å². The van der Waals surface area contributed by atoms with E-state index in [-0.39, 0.29) is 5.91 Å². The Kier molecular flexibility index (Phi) is 2.89. The van der Waals surface area contributed by atoms with Gasteiger partial charge in [0.05, 0.1) is 17.7 Å². The number of carboxylic acid groups (broad SMARTS) is 1. The molecule has 0 bridgehead atoms. The summed E-state index contributed by atoms with van der Waals surface area (Å²) in [6.45, 7) is 0.910. The second-order valence-corrected chi connectivity index (χ2v) is 3.92. The Bertz CT molecular complexity index is 388. The monoisotopic (exact) mass is 223 g/mol. The number of H-pyrrole nitrogens is 1. The first-order valence-corrected chi connectivity index (χ1v) is 5.19. The lowest BCUT2D eigenvalue weighted by molar-refractivity contribution is -0.143. The highest BCUT2D eigenvalue weighted by molar-refractivity contribution is 5.94. The zero-order valence-electron chi connectivity index (χ0n) is 8.72. The molecule has 86 valence electrons. The molecule has 6 heteroatoms. The van der Waals surface area contributed by atoms with E-state index in [0.29, 0.717) is 25.1 Å². The van der Waals surface area contributed by atoms with Crippen LogP contribution >= 0.6 is 0 Å². The van der Waals surface area contributed by atoms with E-state index in [1.165, 1.54) is 12.4 Å². The van der Waals surface area contributed by atoms with Crippen molar-refractivity contribution in [2.24, 2.45) is 5.92 Å². The van der Waals surface area contributed by atoms with E-state index >= 15 is 0 Å². The number of nitrogens with one attached hydrogen (secondary N) is 1. The molecule has 1 atom stereocenters. The van der Waals surface area contributed by atoms with Crippen LogP contribution in [0.25, 0.3) is 0 Å². The maximum absolute atomic E-state index is 11.9. The number of piperidine rings is 1. The molecule has 1 aromatic rings. The molecule has 1 aromatic heterocycles. The standard InChI is InChI=1S/C10H13N3O3/c14-9(8-4-11-12-5-8)13-3-1-2-7(6-13)10(15)16/h4-5,7H,1-3,6H2,(H,11,12)(H,15,16). The average Bonchev–Trinajstić information content (AvgIpc) is 2.81. The van der Waals surface area contributed by atoms with E-state index < -0.39 is 11.9 Å². The molecule has 1 aliphatic rings. The van der Waals surface area contributed by atoms with Crippen LogP contribution in [0, 0.1) is 5.92 Å². The van der Waals surface area contributed by atoms with Crippen LogP contribution in [0.4, 0.5) is 0 Å². The second-order valence-electron chi connectivity index (χ2n) is 3.92. The molecule has 6 nitrogen and oxygen atoms in total. The molecule has 0 aliphatic carbocycles. The zero-order chi connectivity index (χ0) is 11.5. The van der Waals surface area contributed by atoms with E-state index in [1.807, 2.05) is 0 Å². The third-order valence-electron chi connectivity index (χ3n) is 2.80. The predicted octanol–water partition coefficient (Wildman–Crippen LogP) is 0.346. The summed E-state index contributed by atoms with van der Waals surface area (Å²) in [7, 11) is 0. The fourth-order valence-corrected chi connectivity index (χ4v) is 1.91. The van der Waals surface area contributed by atoms with Gasteiger partial charge in [-0.3, -0.25) is 14.7 Å². The first-order chi connectivity index (χ1) is 7.68. The normalized spacial score (nSPS) is 20.8. The van der Waals surface area contributed by atoms with E-state index in [9.17, 15) is 9.59 Å². The average molecular weight is 223 g/mol. The predicted molar refractivity (Wildman–Crippen MR) is 54.9 cm³/mol. The van der Waals surface area contributed by atoms with Gasteiger partial charge in [0.15, 0.2) is 0 Å². The first kappa shape index (κ1) is 10.7. The van der Waals surface area contributed by atoms with Gasteiger partial charge in [0.1, 0.15) is 0 Å². The molecule has 0 saturated carbocycles. The van der Waals surface area contributed by atoms with Crippen molar-refractivity contribution in [2.45, 2.75) is 12.8 Å². The lowest BCUT2D eigenvalue weighted by atomic mass is 9.98. The molecule has 1 unspecified atom stereocenters. The minimum atomic E-state index is -0.829. The maximum atomic E-state index is 11.9. The van der Waals surface area contributed by atoms with Crippen molar-refractivity contribution < 1.29 is 14.7 Å². The molecule has 2 rings (SSSR count). The van der Waals surface area contributed by atoms with Gasteiger partial charge in [-0.2, -0.15) is 5.10 Å². The molecule has 1 aliphatic heterocycles. The molecule has 0 radical (unpaired) electrons. The van der Waals surface area contributed by atoms with E-state index in [4.69, 9.17) is 5.11 Å². The number of likely N-dealkylation sites (tertiary alicyclic amines) is 1. The number of aromatic nitrogens is 2. The molecule has 0 aromatic carbocycles. The van der Waals surface area contributed by atoms with E-state index in [2.05, 4.69) is 10.2 Å². The third kappa shape index (κ3) is 2.05.